The van der Waals surface area contributed by atoms with Crippen molar-refractivity contribution in [2.45, 2.75) is 43.4 Å². The Balaban J connectivity index is 2.37. The molecule has 0 aliphatic carbocycles. The predicted octanol–water partition coefficient (Wildman–Crippen LogP) is 1.70. The summed E-state index contributed by atoms with van der Waals surface area (Å²) in [6, 6.07) is 1.84. The van der Waals surface area contributed by atoms with Crippen LogP contribution in [-0.4, -0.2) is 31.8 Å². The summed E-state index contributed by atoms with van der Waals surface area (Å²) in [7, 11) is 1.82. The molecule has 0 amide bonds. The summed E-state index contributed by atoms with van der Waals surface area (Å²) in [6.45, 7) is 6.55. The second-order valence-electron chi connectivity index (χ2n) is 4.51. The van der Waals surface area contributed by atoms with Crippen LogP contribution in [0.2, 0.25) is 0 Å². The van der Waals surface area contributed by atoms with Crippen molar-refractivity contribution < 1.29 is 0 Å². The van der Waals surface area contributed by atoms with E-state index in [9.17, 15) is 4.79 Å². The number of H-pyrrole nitrogens is 1. The van der Waals surface area contributed by atoms with Gasteiger partial charge in [0.2, 0.25) is 0 Å². The molecule has 0 spiro atoms. The fourth-order valence-corrected chi connectivity index (χ4v) is 2.55. The molecule has 2 aromatic heterocycles. The molecule has 0 bridgehead atoms. The average molecular weight is 294 g/mol. The van der Waals surface area contributed by atoms with Gasteiger partial charge in [0.15, 0.2) is 5.16 Å². The van der Waals surface area contributed by atoms with Crippen molar-refractivity contribution in [3.8, 4) is 0 Å². The van der Waals surface area contributed by atoms with Crippen LogP contribution in [0.15, 0.2) is 21.0 Å². The zero-order valence-corrected chi connectivity index (χ0v) is 12.8. The molecule has 20 heavy (non-hydrogen) atoms. The molecule has 0 unspecified atom stereocenters. The Morgan fingerprint density at radius 3 is 2.80 bits per heavy atom. The maximum absolute atomic E-state index is 11.5. The van der Waals surface area contributed by atoms with E-state index < -0.39 is 0 Å². The van der Waals surface area contributed by atoms with Crippen LogP contribution in [0.25, 0.3) is 0 Å². The molecule has 7 nitrogen and oxygen atoms in total. The van der Waals surface area contributed by atoms with E-state index in [0.29, 0.717) is 11.7 Å². The van der Waals surface area contributed by atoms with Crippen LogP contribution in [0.3, 0.4) is 0 Å². The van der Waals surface area contributed by atoms with Gasteiger partial charge in [-0.05, 0) is 18.7 Å². The van der Waals surface area contributed by atoms with Crippen molar-refractivity contribution in [3.63, 3.8) is 0 Å². The zero-order chi connectivity index (χ0) is 14.7. The molecule has 2 heterocycles. The lowest BCUT2D eigenvalue weighted by molar-refractivity contribution is 0.659. The first kappa shape index (κ1) is 14.6. The molecule has 2 aromatic rings. The molecule has 8 heteroatoms. The Labute approximate surface area is 121 Å². The van der Waals surface area contributed by atoms with Gasteiger partial charge in [0.05, 0.1) is 0 Å². The first-order valence-corrected chi connectivity index (χ1v) is 7.26. The van der Waals surface area contributed by atoms with Gasteiger partial charge in [0, 0.05) is 25.6 Å². The molecular formula is C12H18N6OS. The Hall–Kier alpha value is -1.83. The van der Waals surface area contributed by atoms with E-state index in [-0.39, 0.29) is 11.6 Å². The van der Waals surface area contributed by atoms with Crippen molar-refractivity contribution in [2.75, 3.05) is 12.4 Å². The molecule has 0 saturated carbocycles. The van der Waals surface area contributed by atoms with Gasteiger partial charge < -0.3 is 5.32 Å². The first-order valence-electron chi connectivity index (χ1n) is 6.45. The maximum atomic E-state index is 11.5. The topological polar surface area (TPSA) is 88.5 Å². The van der Waals surface area contributed by atoms with E-state index >= 15 is 0 Å². The minimum atomic E-state index is -0.207. The van der Waals surface area contributed by atoms with Gasteiger partial charge >= 0.3 is 5.69 Å². The summed E-state index contributed by atoms with van der Waals surface area (Å²) in [5, 5.41) is 10.9. The highest BCUT2D eigenvalue weighted by atomic mass is 32.2. The largest absolute Gasteiger partial charge is 0.373 e. The molecule has 0 atom stereocenters. The SMILES string of the molecule is CCn1c(Sc2cc(NC)nc(C(C)C)n2)n[nH]c1=O. The lowest BCUT2D eigenvalue weighted by Gasteiger charge is -2.09. The lowest BCUT2D eigenvalue weighted by atomic mass is 10.2. The van der Waals surface area contributed by atoms with Crippen LogP contribution >= 0.6 is 11.8 Å². The normalized spacial score (nSPS) is 11.1. The van der Waals surface area contributed by atoms with Gasteiger partial charge in [-0.3, -0.25) is 4.57 Å². The van der Waals surface area contributed by atoms with Gasteiger partial charge in [0.25, 0.3) is 0 Å². The van der Waals surface area contributed by atoms with Gasteiger partial charge in [-0.2, -0.15) is 0 Å². The summed E-state index contributed by atoms with van der Waals surface area (Å²) in [5.41, 5.74) is -0.207. The van der Waals surface area contributed by atoms with Crippen molar-refractivity contribution >= 4 is 17.6 Å². The summed E-state index contributed by atoms with van der Waals surface area (Å²) >= 11 is 1.35. The van der Waals surface area contributed by atoms with E-state index in [0.717, 1.165) is 16.7 Å². The van der Waals surface area contributed by atoms with Gasteiger partial charge in [-0.15, -0.1) is 5.10 Å². The number of nitrogens with one attached hydrogen (secondary N) is 2. The summed E-state index contributed by atoms with van der Waals surface area (Å²) in [4.78, 5) is 20.5. The molecule has 0 saturated heterocycles. The van der Waals surface area contributed by atoms with Crippen LogP contribution < -0.4 is 11.0 Å². The molecule has 108 valence electrons. The minimum Gasteiger partial charge on any atom is -0.373 e. The molecule has 0 aromatic carbocycles. The van der Waals surface area contributed by atoms with Crippen LogP contribution in [0.5, 0.6) is 0 Å². The number of nitrogens with zero attached hydrogens (tertiary/aromatic N) is 4. The Bertz CT molecular complexity index is 648. The third kappa shape index (κ3) is 3.01. The number of aromatic nitrogens is 5. The van der Waals surface area contributed by atoms with Crippen molar-refractivity contribution in [2.24, 2.45) is 0 Å². The average Bonchev–Trinajstić information content (AvgIpc) is 2.78. The van der Waals surface area contributed by atoms with Gasteiger partial charge in [-0.25, -0.2) is 19.9 Å². The molecule has 0 aliphatic heterocycles. The number of rotatable bonds is 5. The van der Waals surface area contributed by atoms with Crippen molar-refractivity contribution in [1.29, 1.82) is 0 Å². The van der Waals surface area contributed by atoms with E-state index in [2.05, 4.69) is 25.5 Å². The quantitative estimate of drug-likeness (QED) is 0.816. The highest BCUT2D eigenvalue weighted by Gasteiger charge is 2.13. The smallest absolute Gasteiger partial charge is 0.343 e. The Kier molecular flexibility index (Phi) is 4.43. The predicted molar refractivity (Wildman–Crippen MR) is 78.3 cm³/mol. The maximum Gasteiger partial charge on any atom is 0.343 e. The summed E-state index contributed by atoms with van der Waals surface area (Å²) in [5.74, 6) is 1.75. The Morgan fingerprint density at radius 2 is 2.20 bits per heavy atom. The van der Waals surface area contributed by atoms with Crippen LogP contribution in [0.4, 0.5) is 5.82 Å². The third-order valence-electron chi connectivity index (χ3n) is 2.73. The third-order valence-corrected chi connectivity index (χ3v) is 3.64. The summed E-state index contributed by atoms with van der Waals surface area (Å²) in [6.07, 6.45) is 0. The second-order valence-corrected chi connectivity index (χ2v) is 5.50. The molecular weight excluding hydrogens is 276 g/mol. The van der Waals surface area contributed by atoms with E-state index in [1.807, 2.05) is 33.9 Å². The van der Waals surface area contributed by atoms with E-state index in [4.69, 9.17) is 0 Å². The minimum absolute atomic E-state index is 0.207. The molecule has 0 aliphatic rings. The van der Waals surface area contributed by atoms with Crippen LogP contribution in [-0.2, 0) is 6.54 Å². The fourth-order valence-electron chi connectivity index (χ4n) is 1.63. The first-order chi connectivity index (χ1) is 9.55. The van der Waals surface area contributed by atoms with E-state index in [1.165, 1.54) is 11.8 Å². The van der Waals surface area contributed by atoms with Crippen molar-refractivity contribution in [3.05, 3.63) is 22.4 Å². The fraction of sp³-hybridized carbons (Fsp3) is 0.500. The molecule has 2 rings (SSSR count). The van der Waals surface area contributed by atoms with Crippen LogP contribution in [0, 0.1) is 0 Å². The standard InChI is InChI=1S/C12H18N6OS/c1-5-18-11(19)16-17-12(18)20-9-6-8(13-4)14-10(15-9)7(2)3/h6-7H,5H2,1-4H3,(H,16,19)(H,13,14,15). The number of hydrogen-bond acceptors (Lipinski definition) is 6. The number of anilines is 1. The monoisotopic (exact) mass is 294 g/mol. The van der Waals surface area contributed by atoms with Gasteiger partial charge in [-0.1, -0.05) is 13.8 Å². The zero-order valence-electron chi connectivity index (χ0n) is 12.0. The Morgan fingerprint density at radius 1 is 1.45 bits per heavy atom. The molecule has 2 N–H and O–H groups in total. The number of aromatic amines is 1. The van der Waals surface area contributed by atoms with E-state index in [1.54, 1.807) is 4.57 Å². The lowest BCUT2D eigenvalue weighted by Crippen LogP contribution is -2.16. The van der Waals surface area contributed by atoms with Crippen molar-refractivity contribution in [1.82, 2.24) is 24.7 Å². The second kappa shape index (κ2) is 6.08. The van der Waals surface area contributed by atoms with Gasteiger partial charge in [0.1, 0.15) is 16.7 Å². The highest BCUT2D eigenvalue weighted by molar-refractivity contribution is 7.99. The molecule has 0 fully saturated rings. The summed E-state index contributed by atoms with van der Waals surface area (Å²) < 4.78 is 1.57. The molecule has 0 radical (unpaired) electrons. The van der Waals surface area contributed by atoms with Crippen LogP contribution in [0.1, 0.15) is 32.5 Å². The number of hydrogen-bond donors (Lipinski definition) is 2. The highest BCUT2D eigenvalue weighted by Crippen LogP contribution is 2.26.